The molecule has 1 aromatic carbocycles. The Kier molecular flexibility index (Phi) is 7.04. The van der Waals surface area contributed by atoms with Crippen molar-refractivity contribution in [3.63, 3.8) is 0 Å². The number of hydrogen-bond donors (Lipinski definition) is 2. The van der Waals surface area contributed by atoms with Crippen molar-refractivity contribution in [2.45, 2.75) is 66.5 Å². The zero-order chi connectivity index (χ0) is 19.4. The molecule has 0 amide bonds. The van der Waals surface area contributed by atoms with Gasteiger partial charge in [-0.3, -0.25) is 5.41 Å². The number of hydrogen-bond acceptors (Lipinski definition) is 2. The molecule has 0 fully saturated rings. The van der Waals surface area contributed by atoms with Crippen LogP contribution in [0.4, 0.5) is 4.39 Å². The zero-order valence-corrected chi connectivity index (χ0v) is 16.5. The Morgan fingerprint density at radius 2 is 1.68 bits per heavy atom. The zero-order valence-electron chi connectivity index (χ0n) is 16.5. The van der Waals surface area contributed by atoms with Crippen LogP contribution in [0.2, 0.25) is 0 Å². The lowest BCUT2D eigenvalue weighted by atomic mass is 9.86. The van der Waals surface area contributed by atoms with Crippen molar-refractivity contribution in [1.29, 1.82) is 10.8 Å². The highest BCUT2D eigenvalue weighted by atomic mass is 19.1. The summed E-state index contributed by atoms with van der Waals surface area (Å²) in [6.45, 7) is 12.8. The summed E-state index contributed by atoms with van der Waals surface area (Å²) < 4.78 is 14.2. The molecule has 25 heavy (non-hydrogen) atoms. The topological polar surface area (TPSA) is 47.7 Å². The van der Waals surface area contributed by atoms with Crippen molar-refractivity contribution < 1.29 is 4.39 Å². The largest absolute Gasteiger partial charge is 0.302 e. The van der Waals surface area contributed by atoms with Crippen LogP contribution in [-0.2, 0) is 0 Å². The summed E-state index contributed by atoms with van der Waals surface area (Å²) in [5.74, 6) is 0.317. The number of rotatable bonds is 7. The van der Waals surface area contributed by atoms with E-state index >= 15 is 0 Å². The van der Waals surface area contributed by atoms with E-state index in [9.17, 15) is 4.39 Å². The summed E-state index contributed by atoms with van der Waals surface area (Å²) in [5, 5.41) is 16.8. The second kappa shape index (κ2) is 8.37. The first-order chi connectivity index (χ1) is 11.5. The van der Waals surface area contributed by atoms with E-state index in [-0.39, 0.29) is 5.71 Å². The van der Waals surface area contributed by atoms with Crippen molar-refractivity contribution in [2.75, 3.05) is 0 Å². The molecule has 2 nitrogen and oxygen atoms in total. The van der Waals surface area contributed by atoms with Crippen LogP contribution in [0.15, 0.2) is 41.5 Å². The normalized spacial score (nSPS) is 13.3. The highest BCUT2D eigenvalue weighted by molar-refractivity contribution is 6.13. The summed E-state index contributed by atoms with van der Waals surface area (Å²) in [7, 11) is 0. The molecule has 0 aliphatic heterocycles. The molecule has 3 heteroatoms. The predicted molar refractivity (Wildman–Crippen MR) is 107 cm³/mol. The van der Waals surface area contributed by atoms with Gasteiger partial charge in [0.2, 0.25) is 0 Å². The first kappa shape index (κ1) is 21.0. The van der Waals surface area contributed by atoms with E-state index in [4.69, 9.17) is 10.8 Å². The van der Waals surface area contributed by atoms with Gasteiger partial charge in [-0.25, -0.2) is 4.39 Å². The number of halogens is 1. The van der Waals surface area contributed by atoms with Crippen molar-refractivity contribution >= 4 is 11.4 Å². The van der Waals surface area contributed by atoms with Crippen LogP contribution in [0.25, 0.3) is 0 Å². The third-order valence-electron chi connectivity index (χ3n) is 4.41. The van der Waals surface area contributed by atoms with E-state index in [0.29, 0.717) is 23.6 Å². The van der Waals surface area contributed by atoms with E-state index < -0.39 is 5.67 Å². The van der Waals surface area contributed by atoms with Crippen LogP contribution in [0.1, 0.15) is 70.6 Å². The Bertz CT molecular complexity index is 716. The van der Waals surface area contributed by atoms with Gasteiger partial charge in [0, 0.05) is 12.0 Å². The number of allylic oxidation sites excluding steroid dienone is 4. The molecule has 0 saturated heterocycles. The number of aryl methyl sites for hydroxylation is 1. The maximum Gasteiger partial charge on any atom is 0.146 e. The van der Waals surface area contributed by atoms with Gasteiger partial charge in [0.25, 0.3) is 0 Å². The quantitative estimate of drug-likeness (QED) is 0.529. The lowest BCUT2D eigenvalue weighted by Crippen LogP contribution is -2.27. The van der Waals surface area contributed by atoms with Gasteiger partial charge in [-0.2, -0.15) is 0 Å². The molecule has 0 unspecified atom stereocenters. The molecular weight excluding hydrogens is 311 g/mol. The summed E-state index contributed by atoms with van der Waals surface area (Å²) in [6, 6.07) is 6.15. The molecule has 1 rings (SSSR count). The summed E-state index contributed by atoms with van der Waals surface area (Å²) in [5.41, 5.74) is 3.43. The van der Waals surface area contributed by atoms with Crippen molar-refractivity contribution in [1.82, 2.24) is 0 Å². The van der Waals surface area contributed by atoms with Crippen LogP contribution in [0.5, 0.6) is 0 Å². The Balaban J connectivity index is 3.22. The van der Waals surface area contributed by atoms with Gasteiger partial charge in [0.05, 0.1) is 11.4 Å². The third kappa shape index (κ3) is 5.22. The van der Waals surface area contributed by atoms with Gasteiger partial charge < -0.3 is 5.41 Å². The first-order valence-electron chi connectivity index (χ1n) is 8.81. The molecule has 0 spiro atoms. The maximum absolute atomic E-state index is 14.2. The molecule has 0 heterocycles. The van der Waals surface area contributed by atoms with E-state index in [1.807, 2.05) is 32.1 Å². The van der Waals surface area contributed by atoms with Crippen molar-refractivity contribution in [3.05, 3.63) is 58.2 Å². The van der Waals surface area contributed by atoms with E-state index in [2.05, 4.69) is 26.8 Å². The molecule has 0 aliphatic rings. The van der Waals surface area contributed by atoms with Crippen molar-refractivity contribution in [2.24, 2.45) is 0 Å². The van der Waals surface area contributed by atoms with Gasteiger partial charge in [-0.15, -0.1) is 0 Å². The average molecular weight is 343 g/mol. The van der Waals surface area contributed by atoms with Gasteiger partial charge in [-0.1, -0.05) is 49.8 Å². The van der Waals surface area contributed by atoms with Gasteiger partial charge >= 0.3 is 0 Å². The minimum atomic E-state index is -1.68. The fraction of sp³-hybridized carbons (Fsp3) is 0.455. The second-order valence-electron chi connectivity index (χ2n) is 7.27. The lowest BCUT2D eigenvalue weighted by Gasteiger charge is -2.21. The minimum Gasteiger partial charge on any atom is -0.302 e. The molecule has 0 aliphatic carbocycles. The average Bonchev–Trinajstić information content (AvgIpc) is 2.54. The molecule has 0 saturated carbocycles. The molecule has 0 bridgehead atoms. The monoisotopic (exact) mass is 342 g/mol. The molecule has 0 radical (unpaired) electrons. The van der Waals surface area contributed by atoms with Crippen LogP contribution in [0.3, 0.4) is 0 Å². The van der Waals surface area contributed by atoms with Crippen LogP contribution in [-0.4, -0.2) is 17.1 Å². The molecule has 2 N–H and O–H groups in total. The second-order valence-corrected chi connectivity index (χ2v) is 7.27. The highest BCUT2D eigenvalue weighted by Gasteiger charge is 2.26. The van der Waals surface area contributed by atoms with Crippen LogP contribution >= 0.6 is 0 Å². The molecule has 0 aromatic heterocycles. The first-order valence-corrected chi connectivity index (χ1v) is 8.81. The summed E-state index contributed by atoms with van der Waals surface area (Å²) in [6.07, 6.45) is 4.07. The maximum atomic E-state index is 14.2. The van der Waals surface area contributed by atoms with Gasteiger partial charge in [0.1, 0.15) is 5.67 Å². The molecule has 1 aromatic rings. The SMILES string of the molecule is C/C=C(/C/C(=C/C)C(=N)C(C)(C)F)C(=N)c1ccc(C)cc1C(C)C. The van der Waals surface area contributed by atoms with E-state index in [0.717, 1.165) is 16.7 Å². The third-order valence-corrected chi connectivity index (χ3v) is 4.41. The smallest absolute Gasteiger partial charge is 0.146 e. The summed E-state index contributed by atoms with van der Waals surface area (Å²) >= 11 is 0. The summed E-state index contributed by atoms with van der Waals surface area (Å²) in [4.78, 5) is 0. The van der Waals surface area contributed by atoms with Crippen LogP contribution in [0, 0.1) is 17.7 Å². The van der Waals surface area contributed by atoms with Gasteiger partial charge in [0.15, 0.2) is 0 Å². The van der Waals surface area contributed by atoms with Crippen LogP contribution < -0.4 is 0 Å². The standard InChI is InChI=1S/C22H31FN2/c1-8-16(13-17(9-2)21(25)22(6,7)23)20(24)18-11-10-15(5)12-19(18)14(3)4/h8-12,14,24-25H,13H2,1-7H3/b16-8-,17-9-,24-20?,25-21?. The molecule has 0 atom stereocenters. The molecule has 136 valence electrons. The van der Waals surface area contributed by atoms with Crippen molar-refractivity contribution in [3.8, 4) is 0 Å². The van der Waals surface area contributed by atoms with Gasteiger partial charge in [-0.05, 0) is 57.2 Å². The number of benzene rings is 1. The Hall–Kier alpha value is -2.03. The Morgan fingerprint density at radius 1 is 1.12 bits per heavy atom. The fourth-order valence-electron chi connectivity index (χ4n) is 2.82. The molecular formula is C22H31FN2. The van der Waals surface area contributed by atoms with E-state index in [1.165, 1.54) is 19.4 Å². The minimum absolute atomic E-state index is 0.0184. The highest BCUT2D eigenvalue weighted by Crippen LogP contribution is 2.27. The number of nitrogens with one attached hydrogen (secondary N) is 2. The number of alkyl halides is 1. The lowest BCUT2D eigenvalue weighted by molar-refractivity contribution is 0.312. The Morgan fingerprint density at radius 3 is 2.12 bits per heavy atom. The van der Waals surface area contributed by atoms with E-state index in [1.54, 1.807) is 6.08 Å². The fourth-order valence-corrected chi connectivity index (χ4v) is 2.82. The predicted octanol–water partition coefficient (Wildman–Crippen LogP) is 6.54. The Labute approximate surface area is 151 Å².